The fourth-order valence-electron chi connectivity index (χ4n) is 2.40. The predicted molar refractivity (Wildman–Crippen MR) is 65.4 cm³/mol. The number of para-hydroxylation sites is 1. The quantitative estimate of drug-likeness (QED) is 0.848. The third kappa shape index (κ3) is 2.29. The van der Waals surface area contributed by atoms with Crippen molar-refractivity contribution in [3.63, 3.8) is 0 Å². The van der Waals surface area contributed by atoms with Crippen LogP contribution in [0, 0.1) is 11.7 Å². The van der Waals surface area contributed by atoms with Crippen molar-refractivity contribution in [2.45, 2.75) is 38.3 Å². The summed E-state index contributed by atoms with van der Waals surface area (Å²) in [6.07, 6.45) is 4.86. The molecule has 0 aliphatic heterocycles. The number of benzene rings is 1. The fraction of sp³-hybridized carbons (Fsp3) is 0.571. The highest BCUT2D eigenvalue weighted by atomic mass is 19.1. The van der Waals surface area contributed by atoms with Crippen LogP contribution in [0.5, 0.6) is 0 Å². The molecule has 0 aromatic heterocycles. The molecule has 0 radical (unpaired) electrons. The molecule has 1 aromatic rings. The van der Waals surface area contributed by atoms with Crippen LogP contribution in [0.2, 0.25) is 0 Å². The molecule has 2 aliphatic rings. The second kappa shape index (κ2) is 4.30. The van der Waals surface area contributed by atoms with Crippen LogP contribution in [-0.2, 0) is 6.61 Å². The minimum Gasteiger partial charge on any atom is -0.392 e. The molecule has 0 unspecified atom stereocenters. The van der Waals surface area contributed by atoms with E-state index in [4.69, 9.17) is 0 Å². The summed E-state index contributed by atoms with van der Waals surface area (Å²) in [5, 5.41) is 9.35. The van der Waals surface area contributed by atoms with E-state index in [0.717, 1.165) is 30.9 Å². The van der Waals surface area contributed by atoms with E-state index in [1.54, 1.807) is 6.07 Å². The first-order valence-electron chi connectivity index (χ1n) is 6.44. The lowest BCUT2D eigenvalue weighted by atomic mass is 10.1. The first kappa shape index (κ1) is 11.0. The van der Waals surface area contributed by atoms with Crippen molar-refractivity contribution in [2.75, 3.05) is 11.4 Å². The van der Waals surface area contributed by atoms with Crippen molar-refractivity contribution in [3.8, 4) is 0 Å². The van der Waals surface area contributed by atoms with Crippen LogP contribution >= 0.6 is 0 Å². The van der Waals surface area contributed by atoms with Crippen LogP contribution in [0.1, 0.15) is 31.2 Å². The Morgan fingerprint density at radius 3 is 2.59 bits per heavy atom. The van der Waals surface area contributed by atoms with Gasteiger partial charge in [0, 0.05) is 18.2 Å². The summed E-state index contributed by atoms with van der Waals surface area (Å²) in [5.41, 5.74) is 1.36. The van der Waals surface area contributed by atoms with Gasteiger partial charge in [-0.3, -0.25) is 0 Å². The number of hydrogen-bond acceptors (Lipinski definition) is 2. The minimum absolute atomic E-state index is 0.0824. The lowest BCUT2D eigenvalue weighted by Gasteiger charge is -2.27. The van der Waals surface area contributed by atoms with Crippen molar-refractivity contribution in [1.29, 1.82) is 0 Å². The maximum Gasteiger partial charge on any atom is 0.146 e. The number of rotatable bonds is 5. The van der Waals surface area contributed by atoms with Crippen molar-refractivity contribution in [2.24, 2.45) is 5.92 Å². The smallest absolute Gasteiger partial charge is 0.146 e. The Labute approximate surface area is 101 Å². The Morgan fingerprint density at radius 2 is 2.00 bits per heavy atom. The summed E-state index contributed by atoms with van der Waals surface area (Å²) < 4.78 is 14.0. The minimum atomic E-state index is -0.191. The molecule has 2 nitrogen and oxygen atoms in total. The van der Waals surface area contributed by atoms with Crippen molar-refractivity contribution < 1.29 is 9.50 Å². The van der Waals surface area contributed by atoms with Gasteiger partial charge in [0.2, 0.25) is 0 Å². The van der Waals surface area contributed by atoms with Crippen LogP contribution < -0.4 is 4.90 Å². The molecule has 1 N–H and O–H groups in total. The monoisotopic (exact) mass is 235 g/mol. The second-order valence-electron chi connectivity index (χ2n) is 5.23. The number of halogens is 1. The Balaban J connectivity index is 1.92. The van der Waals surface area contributed by atoms with Gasteiger partial charge in [-0.05, 0) is 37.7 Å². The molecule has 92 valence electrons. The Morgan fingerprint density at radius 1 is 1.24 bits per heavy atom. The van der Waals surface area contributed by atoms with E-state index >= 15 is 0 Å². The molecule has 0 spiro atoms. The van der Waals surface area contributed by atoms with Crippen LogP contribution in [0.4, 0.5) is 10.1 Å². The molecular formula is C14H18FNO. The van der Waals surface area contributed by atoms with E-state index < -0.39 is 0 Å². The molecule has 0 saturated heterocycles. The zero-order valence-electron chi connectivity index (χ0n) is 9.90. The Hall–Kier alpha value is -1.09. The van der Waals surface area contributed by atoms with E-state index in [1.165, 1.54) is 18.9 Å². The molecule has 0 bridgehead atoms. The lowest BCUT2D eigenvalue weighted by Crippen LogP contribution is -2.30. The maximum absolute atomic E-state index is 14.0. The van der Waals surface area contributed by atoms with Crippen LogP contribution in [0.3, 0.4) is 0 Å². The highest BCUT2D eigenvalue weighted by molar-refractivity contribution is 5.56. The molecule has 17 heavy (non-hydrogen) atoms. The number of nitrogens with zero attached hydrogens (tertiary/aromatic N) is 1. The molecule has 0 atom stereocenters. The summed E-state index contributed by atoms with van der Waals surface area (Å²) >= 11 is 0. The van der Waals surface area contributed by atoms with E-state index in [2.05, 4.69) is 4.90 Å². The standard InChI is InChI=1S/C14H18FNO/c15-13-3-1-2-11(9-17)14(13)16(12-6-7-12)8-10-4-5-10/h1-3,10,12,17H,4-9H2. The number of anilines is 1. The second-order valence-corrected chi connectivity index (χ2v) is 5.23. The predicted octanol–water partition coefficient (Wildman–Crippen LogP) is 2.70. The van der Waals surface area contributed by atoms with Gasteiger partial charge >= 0.3 is 0 Å². The topological polar surface area (TPSA) is 23.5 Å². The van der Waals surface area contributed by atoms with E-state index in [1.807, 2.05) is 6.07 Å². The zero-order chi connectivity index (χ0) is 11.8. The SMILES string of the molecule is OCc1cccc(F)c1N(CC1CC1)C1CC1. The molecule has 3 heteroatoms. The summed E-state index contributed by atoms with van der Waals surface area (Å²) in [4.78, 5) is 2.19. The van der Waals surface area contributed by atoms with Gasteiger partial charge in [-0.15, -0.1) is 0 Å². The largest absolute Gasteiger partial charge is 0.392 e. The summed E-state index contributed by atoms with van der Waals surface area (Å²) in [6, 6.07) is 5.49. The van der Waals surface area contributed by atoms with Gasteiger partial charge in [0.05, 0.1) is 12.3 Å². The van der Waals surface area contributed by atoms with Gasteiger partial charge in [-0.2, -0.15) is 0 Å². The first-order chi connectivity index (χ1) is 8.29. The van der Waals surface area contributed by atoms with Crippen molar-refractivity contribution >= 4 is 5.69 Å². The van der Waals surface area contributed by atoms with Gasteiger partial charge in [0.25, 0.3) is 0 Å². The third-order valence-corrected chi connectivity index (χ3v) is 3.67. The van der Waals surface area contributed by atoms with Gasteiger partial charge in [0.1, 0.15) is 5.82 Å². The molecule has 3 rings (SSSR count). The molecule has 2 aliphatic carbocycles. The Kier molecular flexibility index (Phi) is 2.79. The maximum atomic E-state index is 14.0. The molecular weight excluding hydrogens is 217 g/mol. The highest BCUT2D eigenvalue weighted by Crippen LogP contribution is 2.39. The Bertz CT molecular complexity index is 413. The van der Waals surface area contributed by atoms with Crippen LogP contribution in [0.25, 0.3) is 0 Å². The normalized spacial score (nSPS) is 19.4. The molecule has 1 aromatic carbocycles. The summed E-state index contributed by atoms with van der Waals surface area (Å²) in [6.45, 7) is 0.875. The van der Waals surface area contributed by atoms with Crippen LogP contribution in [-0.4, -0.2) is 17.7 Å². The lowest BCUT2D eigenvalue weighted by molar-refractivity contribution is 0.281. The zero-order valence-corrected chi connectivity index (χ0v) is 9.90. The molecule has 0 heterocycles. The molecule has 2 saturated carbocycles. The average molecular weight is 235 g/mol. The molecule has 0 amide bonds. The van der Waals surface area contributed by atoms with E-state index in [-0.39, 0.29) is 12.4 Å². The van der Waals surface area contributed by atoms with Gasteiger partial charge < -0.3 is 10.0 Å². The van der Waals surface area contributed by atoms with E-state index in [9.17, 15) is 9.50 Å². The molecule has 2 fully saturated rings. The number of hydrogen-bond donors (Lipinski definition) is 1. The summed E-state index contributed by atoms with van der Waals surface area (Å²) in [5.74, 6) is 0.547. The third-order valence-electron chi connectivity index (χ3n) is 3.67. The summed E-state index contributed by atoms with van der Waals surface area (Å²) in [7, 11) is 0. The average Bonchev–Trinajstić information content (AvgIpc) is 3.17. The number of aliphatic hydroxyl groups is 1. The van der Waals surface area contributed by atoms with Gasteiger partial charge in [-0.1, -0.05) is 12.1 Å². The van der Waals surface area contributed by atoms with Crippen molar-refractivity contribution in [1.82, 2.24) is 0 Å². The van der Waals surface area contributed by atoms with Crippen LogP contribution in [0.15, 0.2) is 18.2 Å². The van der Waals surface area contributed by atoms with Gasteiger partial charge in [-0.25, -0.2) is 4.39 Å². The van der Waals surface area contributed by atoms with E-state index in [0.29, 0.717) is 11.7 Å². The fourth-order valence-corrected chi connectivity index (χ4v) is 2.40. The number of aliphatic hydroxyl groups excluding tert-OH is 1. The highest BCUT2D eigenvalue weighted by Gasteiger charge is 2.35. The first-order valence-corrected chi connectivity index (χ1v) is 6.44. The van der Waals surface area contributed by atoms with Gasteiger partial charge in [0.15, 0.2) is 0 Å². The van der Waals surface area contributed by atoms with Crippen molar-refractivity contribution in [3.05, 3.63) is 29.6 Å².